The number of carboxylic acids is 1. The van der Waals surface area contributed by atoms with Gasteiger partial charge in [0.25, 0.3) is 5.91 Å². The maximum absolute atomic E-state index is 11.8. The fraction of sp³-hybridized carbons (Fsp3) is 0.500. The van der Waals surface area contributed by atoms with Gasteiger partial charge in [-0.05, 0) is 37.8 Å². The molecule has 6 nitrogen and oxygen atoms in total. The van der Waals surface area contributed by atoms with Crippen LogP contribution in [0, 0.1) is 0 Å². The van der Waals surface area contributed by atoms with Crippen molar-refractivity contribution in [2.45, 2.75) is 31.8 Å². The first kappa shape index (κ1) is 14.5. The first-order valence-electron chi connectivity index (χ1n) is 6.76. The Hall–Kier alpha value is -1.95. The Labute approximate surface area is 117 Å². The number of carbonyl (C=O) groups excluding carboxylic acids is 1. The number of carboxylic acid groups (broad SMARTS) is 1. The third-order valence-electron chi connectivity index (χ3n) is 3.27. The molecular weight excluding hydrogens is 260 g/mol. The Morgan fingerprint density at radius 1 is 1.40 bits per heavy atom. The summed E-state index contributed by atoms with van der Waals surface area (Å²) in [6.07, 6.45) is 5.65. The van der Waals surface area contributed by atoms with E-state index in [1.54, 1.807) is 0 Å². The molecule has 2 N–H and O–H groups in total. The van der Waals surface area contributed by atoms with Crippen molar-refractivity contribution < 1.29 is 19.4 Å². The molecule has 0 aromatic carbocycles. The number of hydrogen-bond donors (Lipinski definition) is 2. The number of pyridine rings is 1. The minimum atomic E-state index is -1.11. The molecule has 2 heterocycles. The Morgan fingerprint density at radius 2 is 2.25 bits per heavy atom. The third-order valence-corrected chi connectivity index (χ3v) is 3.27. The van der Waals surface area contributed by atoms with Crippen LogP contribution in [0.25, 0.3) is 0 Å². The molecule has 1 amide bonds. The summed E-state index contributed by atoms with van der Waals surface area (Å²) >= 11 is 0. The lowest BCUT2D eigenvalue weighted by Gasteiger charge is -2.22. The van der Waals surface area contributed by atoms with Crippen LogP contribution >= 0.6 is 0 Å². The van der Waals surface area contributed by atoms with Crippen molar-refractivity contribution in [3.8, 4) is 0 Å². The van der Waals surface area contributed by atoms with Crippen LogP contribution < -0.4 is 5.32 Å². The summed E-state index contributed by atoms with van der Waals surface area (Å²) in [4.78, 5) is 26.2. The fourth-order valence-electron chi connectivity index (χ4n) is 2.14. The molecule has 1 atom stereocenters. The van der Waals surface area contributed by atoms with Crippen LogP contribution in [0.5, 0.6) is 0 Å². The van der Waals surface area contributed by atoms with Gasteiger partial charge in [0.15, 0.2) is 0 Å². The van der Waals surface area contributed by atoms with E-state index in [1.807, 2.05) is 0 Å². The summed E-state index contributed by atoms with van der Waals surface area (Å²) in [5, 5.41) is 11.5. The highest BCUT2D eigenvalue weighted by Crippen LogP contribution is 2.14. The Kier molecular flexibility index (Phi) is 5.06. The molecular formula is C14H18N2O4. The second kappa shape index (κ2) is 7.00. The van der Waals surface area contributed by atoms with Crippen molar-refractivity contribution >= 4 is 11.9 Å². The minimum Gasteiger partial charge on any atom is -0.477 e. The molecule has 1 aromatic rings. The van der Waals surface area contributed by atoms with Gasteiger partial charge in [-0.15, -0.1) is 0 Å². The Morgan fingerprint density at radius 3 is 2.85 bits per heavy atom. The summed E-state index contributed by atoms with van der Waals surface area (Å²) in [5.41, 5.74) is 0.289. The molecule has 0 spiro atoms. The summed E-state index contributed by atoms with van der Waals surface area (Å²) in [6, 6.07) is 2.78. The molecule has 108 valence electrons. The van der Waals surface area contributed by atoms with Gasteiger partial charge >= 0.3 is 5.97 Å². The molecule has 0 radical (unpaired) electrons. The van der Waals surface area contributed by atoms with Crippen LogP contribution in [0.1, 0.15) is 46.5 Å². The quantitative estimate of drug-likeness (QED) is 0.851. The number of amides is 1. The highest BCUT2D eigenvalue weighted by molar-refractivity contribution is 5.94. The zero-order valence-corrected chi connectivity index (χ0v) is 11.2. The number of aromatic nitrogens is 1. The van der Waals surface area contributed by atoms with Crippen molar-refractivity contribution in [3.63, 3.8) is 0 Å². The number of carbonyl (C=O) groups is 2. The molecule has 1 unspecified atom stereocenters. The lowest BCUT2D eigenvalue weighted by Crippen LogP contribution is -2.29. The normalized spacial score (nSPS) is 18.5. The van der Waals surface area contributed by atoms with Gasteiger partial charge in [0.1, 0.15) is 5.69 Å². The van der Waals surface area contributed by atoms with Gasteiger partial charge in [0.2, 0.25) is 0 Å². The molecule has 0 bridgehead atoms. The molecule has 1 aliphatic rings. The molecule has 6 heteroatoms. The maximum atomic E-state index is 11.8. The Bertz CT molecular complexity index is 467. The first-order valence-corrected chi connectivity index (χ1v) is 6.76. The van der Waals surface area contributed by atoms with E-state index >= 15 is 0 Å². The highest BCUT2D eigenvalue weighted by atomic mass is 16.5. The number of hydrogen-bond acceptors (Lipinski definition) is 4. The van der Waals surface area contributed by atoms with Crippen molar-refractivity contribution in [2.75, 3.05) is 13.2 Å². The van der Waals surface area contributed by atoms with Gasteiger partial charge in [0, 0.05) is 19.3 Å². The summed E-state index contributed by atoms with van der Waals surface area (Å²) in [5.74, 6) is -1.35. The zero-order chi connectivity index (χ0) is 14.4. The van der Waals surface area contributed by atoms with Gasteiger partial charge in [-0.2, -0.15) is 0 Å². The van der Waals surface area contributed by atoms with Gasteiger partial charge in [-0.1, -0.05) is 0 Å². The van der Waals surface area contributed by atoms with E-state index in [1.165, 1.54) is 24.8 Å². The molecule has 1 saturated heterocycles. The van der Waals surface area contributed by atoms with Crippen LogP contribution in [-0.4, -0.2) is 41.2 Å². The van der Waals surface area contributed by atoms with E-state index in [9.17, 15) is 9.59 Å². The molecule has 0 saturated carbocycles. The maximum Gasteiger partial charge on any atom is 0.354 e. The predicted molar refractivity (Wildman–Crippen MR) is 71.7 cm³/mol. The van der Waals surface area contributed by atoms with E-state index in [-0.39, 0.29) is 17.7 Å². The lowest BCUT2D eigenvalue weighted by atomic mass is 10.1. The molecule has 2 rings (SSSR count). The fourth-order valence-corrected chi connectivity index (χ4v) is 2.14. The zero-order valence-electron chi connectivity index (χ0n) is 11.2. The molecule has 0 aliphatic carbocycles. The molecule has 1 aromatic heterocycles. The average Bonchev–Trinajstić information content (AvgIpc) is 2.48. The van der Waals surface area contributed by atoms with Crippen molar-refractivity contribution in [2.24, 2.45) is 0 Å². The summed E-state index contributed by atoms with van der Waals surface area (Å²) in [6.45, 7) is 1.35. The monoisotopic (exact) mass is 278 g/mol. The Balaban J connectivity index is 1.77. The average molecular weight is 278 g/mol. The van der Waals surface area contributed by atoms with Crippen LogP contribution in [0.4, 0.5) is 0 Å². The molecule has 20 heavy (non-hydrogen) atoms. The SMILES string of the molecule is O=C(NCCC1CCCCO1)c1ccc(C(=O)O)nc1. The lowest BCUT2D eigenvalue weighted by molar-refractivity contribution is 0.0117. The smallest absolute Gasteiger partial charge is 0.354 e. The minimum absolute atomic E-state index is 0.0721. The number of ether oxygens (including phenoxy) is 1. The van der Waals surface area contributed by atoms with Crippen LogP contribution in [0.3, 0.4) is 0 Å². The van der Waals surface area contributed by atoms with E-state index in [4.69, 9.17) is 9.84 Å². The second-order valence-corrected chi connectivity index (χ2v) is 4.77. The topological polar surface area (TPSA) is 88.5 Å². The largest absolute Gasteiger partial charge is 0.477 e. The van der Waals surface area contributed by atoms with Crippen molar-refractivity contribution in [1.29, 1.82) is 0 Å². The van der Waals surface area contributed by atoms with E-state index in [2.05, 4.69) is 10.3 Å². The van der Waals surface area contributed by atoms with Crippen molar-refractivity contribution in [3.05, 3.63) is 29.6 Å². The van der Waals surface area contributed by atoms with E-state index < -0.39 is 5.97 Å². The van der Waals surface area contributed by atoms with Gasteiger partial charge in [0.05, 0.1) is 11.7 Å². The standard InChI is InChI=1S/C14H18N2O4/c17-13(10-4-5-12(14(18)19)16-9-10)15-7-6-11-3-1-2-8-20-11/h4-5,9,11H,1-3,6-8H2,(H,15,17)(H,18,19). The van der Waals surface area contributed by atoms with Gasteiger partial charge in [-0.3, -0.25) is 4.79 Å². The number of nitrogens with zero attached hydrogens (tertiary/aromatic N) is 1. The second-order valence-electron chi connectivity index (χ2n) is 4.77. The van der Waals surface area contributed by atoms with Crippen LogP contribution in [-0.2, 0) is 4.74 Å². The van der Waals surface area contributed by atoms with E-state index in [0.717, 1.165) is 25.9 Å². The third kappa shape index (κ3) is 4.03. The highest BCUT2D eigenvalue weighted by Gasteiger charge is 2.14. The number of rotatable bonds is 5. The van der Waals surface area contributed by atoms with Crippen molar-refractivity contribution in [1.82, 2.24) is 10.3 Å². The van der Waals surface area contributed by atoms with Crippen LogP contribution in [0.15, 0.2) is 18.3 Å². The summed E-state index contributed by atoms with van der Waals surface area (Å²) < 4.78 is 5.58. The van der Waals surface area contributed by atoms with Gasteiger partial charge < -0.3 is 15.2 Å². The van der Waals surface area contributed by atoms with E-state index in [0.29, 0.717) is 12.1 Å². The predicted octanol–water partition coefficient (Wildman–Crippen LogP) is 1.47. The first-order chi connectivity index (χ1) is 9.66. The summed E-state index contributed by atoms with van der Waals surface area (Å²) in [7, 11) is 0. The number of aromatic carboxylic acids is 1. The van der Waals surface area contributed by atoms with Gasteiger partial charge in [-0.25, -0.2) is 9.78 Å². The number of nitrogens with one attached hydrogen (secondary N) is 1. The molecule has 1 fully saturated rings. The molecule has 1 aliphatic heterocycles. The van der Waals surface area contributed by atoms with Crippen LogP contribution in [0.2, 0.25) is 0 Å².